The first kappa shape index (κ1) is 11.2. The number of fused-ring (bicyclic) bond motifs is 1. The van der Waals surface area contributed by atoms with Gasteiger partial charge in [0, 0.05) is 23.7 Å². The zero-order valence-corrected chi connectivity index (χ0v) is 10.1. The van der Waals surface area contributed by atoms with E-state index in [1.165, 1.54) is 0 Å². The molecule has 2 aromatic rings. The Bertz CT molecular complexity index is 568. The van der Waals surface area contributed by atoms with Gasteiger partial charge in [-0.1, -0.05) is 0 Å². The lowest BCUT2D eigenvalue weighted by Gasteiger charge is -2.23. The molecule has 5 heteroatoms. The Morgan fingerprint density at radius 3 is 2.89 bits per heavy atom. The van der Waals surface area contributed by atoms with Gasteiger partial charge in [0.2, 0.25) is 0 Å². The number of aliphatic hydroxyl groups excluding tert-OH is 1. The van der Waals surface area contributed by atoms with Crippen molar-refractivity contribution < 1.29 is 5.11 Å². The predicted octanol–water partition coefficient (Wildman–Crippen LogP) is 1.17. The SMILES string of the molecule is Nc1ccc2ncnc(N(CCO)C3CC3)c2c1. The van der Waals surface area contributed by atoms with E-state index in [1.807, 2.05) is 18.2 Å². The number of aliphatic hydroxyl groups is 1. The first-order valence-corrected chi connectivity index (χ1v) is 6.17. The standard InChI is InChI=1S/C13H16N4O/c14-9-1-4-12-11(7-9)13(16-8-15-12)17(5-6-18)10-2-3-10/h1,4,7-8,10,18H,2-3,5-6,14H2. The zero-order valence-electron chi connectivity index (χ0n) is 10.1. The van der Waals surface area contributed by atoms with Crippen LogP contribution in [0.2, 0.25) is 0 Å². The normalized spacial score (nSPS) is 14.9. The Labute approximate surface area is 105 Å². The molecule has 0 aliphatic heterocycles. The van der Waals surface area contributed by atoms with Crippen LogP contribution in [0, 0.1) is 0 Å². The van der Waals surface area contributed by atoms with E-state index in [0.717, 1.165) is 29.6 Å². The van der Waals surface area contributed by atoms with Crippen LogP contribution in [-0.4, -0.2) is 34.3 Å². The number of nitrogens with zero attached hydrogens (tertiary/aromatic N) is 3. The van der Waals surface area contributed by atoms with E-state index in [-0.39, 0.29) is 6.61 Å². The molecule has 18 heavy (non-hydrogen) atoms. The van der Waals surface area contributed by atoms with Crippen LogP contribution in [0.5, 0.6) is 0 Å². The van der Waals surface area contributed by atoms with Crippen molar-refractivity contribution >= 4 is 22.4 Å². The summed E-state index contributed by atoms with van der Waals surface area (Å²) in [7, 11) is 0. The fourth-order valence-corrected chi connectivity index (χ4v) is 2.24. The van der Waals surface area contributed by atoms with Crippen LogP contribution in [0.25, 0.3) is 10.9 Å². The molecule has 3 rings (SSSR count). The molecular formula is C13H16N4O. The van der Waals surface area contributed by atoms with Gasteiger partial charge in [0.25, 0.3) is 0 Å². The van der Waals surface area contributed by atoms with Crippen LogP contribution in [0.1, 0.15) is 12.8 Å². The Morgan fingerprint density at radius 2 is 2.17 bits per heavy atom. The highest BCUT2D eigenvalue weighted by molar-refractivity contribution is 5.91. The van der Waals surface area contributed by atoms with Gasteiger partial charge < -0.3 is 15.7 Å². The van der Waals surface area contributed by atoms with Gasteiger partial charge >= 0.3 is 0 Å². The van der Waals surface area contributed by atoms with Crippen LogP contribution in [-0.2, 0) is 0 Å². The minimum Gasteiger partial charge on any atom is -0.399 e. The van der Waals surface area contributed by atoms with E-state index in [4.69, 9.17) is 5.73 Å². The van der Waals surface area contributed by atoms with E-state index in [0.29, 0.717) is 18.3 Å². The molecule has 3 N–H and O–H groups in total. The third-order valence-corrected chi connectivity index (χ3v) is 3.24. The second-order valence-electron chi connectivity index (χ2n) is 4.62. The molecule has 0 saturated heterocycles. The predicted molar refractivity (Wildman–Crippen MR) is 71.4 cm³/mol. The van der Waals surface area contributed by atoms with E-state index in [1.54, 1.807) is 6.33 Å². The number of nitrogens with two attached hydrogens (primary N) is 1. The number of benzene rings is 1. The summed E-state index contributed by atoms with van der Waals surface area (Å²) >= 11 is 0. The van der Waals surface area contributed by atoms with E-state index < -0.39 is 0 Å². The summed E-state index contributed by atoms with van der Waals surface area (Å²) < 4.78 is 0. The quantitative estimate of drug-likeness (QED) is 0.790. The van der Waals surface area contributed by atoms with Gasteiger partial charge in [-0.25, -0.2) is 9.97 Å². The summed E-state index contributed by atoms with van der Waals surface area (Å²) in [5.74, 6) is 0.879. The van der Waals surface area contributed by atoms with E-state index >= 15 is 0 Å². The molecule has 1 aromatic carbocycles. The summed E-state index contributed by atoms with van der Waals surface area (Å²) in [5, 5.41) is 10.1. The molecule has 0 amide bonds. The maximum Gasteiger partial charge on any atom is 0.140 e. The molecule has 5 nitrogen and oxygen atoms in total. The van der Waals surface area contributed by atoms with Gasteiger partial charge in [-0.15, -0.1) is 0 Å². The van der Waals surface area contributed by atoms with Gasteiger partial charge in [0.1, 0.15) is 12.1 Å². The van der Waals surface area contributed by atoms with Gasteiger partial charge in [-0.3, -0.25) is 0 Å². The minimum atomic E-state index is 0.129. The number of nitrogen functional groups attached to an aromatic ring is 1. The summed E-state index contributed by atoms with van der Waals surface area (Å²) in [6.45, 7) is 0.732. The molecule has 0 atom stereocenters. The third kappa shape index (κ3) is 1.97. The highest BCUT2D eigenvalue weighted by Gasteiger charge is 2.30. The molecule has 1 fully saturated rings. The average molecular weight is 244 g/mol. The summed E-state index contributed by atoms with van der Waals surface area (Å²) in [6.07, 6.45) is 3.89. The van der Waals surface area contributed by atoms with Crippen molar-refractivity contribution in [2.24, 2.45) is 0 Å². The van der Waals surface area contributed by atoms with Crippen LogP contribution in [0.4, 0.5) is 11.5 Å². The molecule has 1 aliphatic rings. The summed E-state index contributed by atoms with van der Waals surface area (Å²) in [5.41, 5.74) is 7.43. The van der Waals surface area contributed by atoms with Crippen molar-refractivity contribution in [2.75, 3.05) is 23.8 Å². The molecule has 1 aliphatic carbocycles. The lowest BCUT2D eigenvalue weighted by Crippen LogP contribution is -2.30. The Kier molecular flexibility index (Phi) is 2.76. The van der Waals surface area contributed by atoms with Gasteiger partial charge in [-0.05, 0) is 31.0 Å². The monoisotopic (exact) mass is 244 g/mol. The van der Waals surface area contributed by atoms with Crippen LogP contribution in [0.3, 0.4) is 0 Å². The van der Waals surface area contributed by atoms with Crippen LogP contribution < -0.4 is 10.6 Å². The smallest absolute Gasteiger partial charge is 0.140 e. The molecule has 0 spiro atoms. The maximum absolute atomic E-state index is 9.19. The van der Waals surface area contributed by atoms with Crippen LogP contribution in [0.15, 0.2) is 24.5 Å². The fraction of sp³-hybridized carbons (Fsp3) is 0.385. The fourth-order valence-electron chi connectivity index (χ4n) is 2.24. The molecule has 0 bridgehead atoms. The minimum absolute atomic E-state index is 0.129. The number of aromatic nitrogens is 2. The Balaban J connectivity index is 2.11. The highest BCUT2D eigenvalue weighted by atomic mass is 16.3. The number of rotatable bonds is 4. The zero-order chi connectivity index (χ0) is 12.5. The molecule has 1 heterocycles. The molecule has 1 aromatic heterocycles. The number of hydrogen-bond donors (Lipinski definition) is 2. The molecular weight excluding hydrogens is 228 g/mol. The van der Waals surface area contributed by atoms with Crippen molar-refractivity contribution in [1.82, 2.24) is 9.97 Å². The lowest BCUT2D eigenvalue weighted by atomic mass is 10.2. The first-order chi connectivity index (χ1) is 8.79. The molecule has 1 saturated carbocycles. The average Bonchev–Trinajstić information content (AvgIpc) is 3.20. The summed E-state index contributed by atoms with van der Waals surface area (Å²) in [4.78, 5) is 10.8. The lowest BCUT2D eigenvalue weighted by molar-refractivity contribution is 0.301. The van der Waals surface area contributed by atoms with Crippen molar-refractivity contribution in [3.8, 4) is 0 Å². The second kappa shape index (κ2) is 4.42. The molecule has 94 valence electrons. The van der Waals surface area contributed by atoms with Gasteiger partial charge in [0.15, 0.2) is 0 Å². The number of hydrogen-bond acceptors (Lipinski definition) is 5. The number of anilines is 2. The van der Waals surface area contributed by atoms with E-state index in [2.05, 4.69) is 14.9 Å². The van der Waals surface area contributed by atoms with Gasteiger partial charge in [0.05, 0.1) is 12.1 Å². The van der Waals surface area contributed by atoms with Gasteiger partial charge in [-0.2, -0.15) is 0 Å². The topological polar surface area (TPSA) is 75.3 Å². The third-order valence-electron chi connectivity index (χ3n) is 3.24. The van der Waals surface area contributed by atoms with Crippen LogP contribution >= 0.6 is 0 Å². The van der Waals surface area contributed by atoms with Crippen molar-refractivity contribution in [3.05, 3.63) is 24.5 Å². The molecule has 0 radical (unpaired) electrons. The first-order valence-electron chi connectivity index (χ1n) is 6.17. The Hall–Kier alpha value is -1.88. The molecule has 0 unspecified atom stereocenters. The van der Waals surface area contributed by atoms with Crippen molar-refractivity contribution in [3.63, 3.8) is 0 Å². The largest absolute Gasteiger partial charge is 0.399 e. The van der Waals surface area contributed by atoms with E-state index in [9.17, 15) is 5.11 Å². The second-order valence-corrected chi connectivity index (χ2v) is 4.62. The Morgan fingerprint density at radius 1 is 1.33 bits per heavy atom. The highest BCUT2D eigenvalue weighted by Crippen LogP contribution is 2.34. The van der Waals surface area contributed by atoms with Crippen molar-refractivity contribution in [2.45, 2.75) is 18.9 Å². The summed E-state index contributed by atoms with van der Waals surface area (Å²) in [6, 6.07) is 6.14. The van der Waals surface area contributed by atoms with Crippen molar-refractivity contribution in [1.29, 1.82) is 0 Å². The maximum atomic E-state index is 9.19.